The van der Waals surface area contributed by atoms with Gasteiger partial charge < -0.3 is 5.11 Å². The molecule has 0 aliphatic rings. The molecular formula is C9H8N2O3S. The number of aromatic hydroxyl groups is 1. The first-order chi connectivity index (χ1) is 7.12. The van der Waals surface area contributed by atoms with Gasteiger partial charge in [-0.05, 0) is 12.1 Å². The molecule has 2 aromatic rings. The van der Waals surface area contributed by atoms with Gasteiger partial charge >= 0.3 is 0 Å². The third-order valence-corrected chi connectivity index (χ3v) is 3.55. The fourth-order valence-corrected chi connectivity index (χ4v) is 2.37. The van der Waals surface area contributed by atoms with E-state index in [-0.39, 0.29) is 4.90 Å². The van der Waals surface area contributed by atoms with Crippen LogP contribution in [0, 0.1) is 0 Å². The standard InChI is InChI=1S/C9H8N2O3S/c12-9-6-10-7-11(9)15(13,14)8-4-2-1-3-5-8/h1-7,12H. The average Bonchev–Trinajstić information content (AvgIpc) is 2.66. The zero-order valence-corrected chi connectivity index (χ0v) is 8.42. The first kappa shape index (κ1) is 9.72. The summed E-state index contributed by atoms with van der Waals surface area (Å²) in [4.78, 5) is 3.66. The molecule has 0 saturated heterocycles. The van der Waals surface area contributed by atoms with Crippen molar-refractivity contribution in [3.8, 4) is 5.88 Å². The van der Waals surface area contributed by atoms with Gasteiger partial charge in [-0.1, -0.05) is 18.2 Å². The van der Waals surface area contributed by atoms with Gasteiger partial charge in [0.2, 0.25) is 5.88 Å². The highest BCUT2D eigenvalue weighted by Crippen LogP contribution is 2.18. The molecule has 1 N–H and O–H groups in total. The van der Waals surface area contributed by atoms with Crippen molar-refractivity contribution < 1.29 is 13.5 Å². The van der Waals surface area contributed by atoms with Gasteiger partial charge in [0.05, 0.1) is 11.1 Å². The first-order valence-corrected chi connectivity index (χ1v) is 5.58. The second kappa shape index (κ2) is 3.39. The van der Waals surface area contributed by atoms with E-state index in [9.17, 15) is 13.5 Å². The van der Waals surface area contributed by atoms with E-state index in [2.05, 4.69) is 4.98 Å². The van der Waals surface area contributed by atoms with Crippen molar-refractivity contribution in [3.05, 3.63) is 42.9 Å². The summed E-state index contributed by atoms with van der Waals surface area (Å²) < 4.78 is 24.5. The highest BCUT2D eigenvalue weighted by atomic mass is 32.2. The zero-order chi connectivity index (χ0) is 10.9. The summed E-state index contributed by atoms with van der Waals surface area (Å²) in [5.41, 5.74) is 0. The summed E-state index contributed by atoms with van der Waals surface area (Å²) in [6.45, 7) is 0. The zero-order valence-electron chi connectivity index (χ0n) is 7.61. The van der Waals surface area contributed by atoms with Crippen molar-refractivity contribution in [2.24, 2.45) is 0 Å². The van der Waals surface area contributed by atoms with E-state index in [0.717, 1.165) is 16.5 Å². The fraction of sp³-hybridized carbons (Fsp3) is 0. The van der Waals surface area contributed by atoms with E-state index < -0.39 is 15.9 Å². The number of hydrogen-bond acceptors (Lipinski definition) is 4. The van der Waals surface area contributed by atoms with Crippen molar-refractivity contribution in [1.82, 2.24) is 8.96 Å². The lowest BCUT2D eigenvalue weighted by atomic mass is 10.4. The Kier molecular flexibility index (Phi) is 2.20. The maximum absolute atomic E-state index is 11.9. The van der Waals surface area contributed by atoms with Gasteiger partial charge in [-0.3, -0.25) is 0 Å². The summed E-state index contributed by atoms with van der Waals surface area (Å²) >= 11 is 0. The smallest absolute Gasteiger partial charge is 0.271 e. The van der Waals surface area contributed by atoms with Crippen LogP contribution in [-0.2, 0) is 10.0 Å². The lowest BCUT2D eigenvalue weighted by Gasteiger charge is -2.05. The molecule has 0 aliphatic carbocycles. The topological polar surface area (TPSA) is 72.2 Å². The van der Waals surface area contributed by atoms with Crippen LogP contribution in [0.4, 0.5) is 0 Å². The summed E-state index contributed by atoms with van der Waals surface area (Å²) in [5.74, 6) is -0.404. The number of rotatable bonds is 2. The van der Waals surface area contributed by atoms with Crippen LogP contribution < -0.4 is 0 Å². The minimum absolute atomic E-state index is 0.110. The second-order valence-electron chi connectivity index (χ2n) is 2.87. The molecule has 78 valence electrons. The van der Waals surface area contributed by atoms with E-state index in [1.165, 1.54) is 12.1 Å². The van der Waals surface area contributed by atoms with Gasteiger partial charge in [-0.2, -0.15) is 3.97 Å². The van der Waals surface area contributed by atoms with Crippen molar-refractivity contribution in [2.45, 2.75) is 4.90 Å². The van der Waals surface area contributed by atoms with Crippen LogP contribution in [0.15, 0.2) is 47.8 Å². The summed E-state index contributed by atoms with van der Waals surface area (Å²) in [7, 11) is -3.72. The highest BCUT2D eigenvalue weighted by Gasteiger charge is 2.18. The quantitative estimate of drug-likeness (QED) is 0.819. The number of imidazole rings is 1. The molecule has 0 aliphatic heterocycles. The summed E-state index contributed by atoms with van der Waals surface area (Å²) in [6.07, 6.45) is 2.12. The molecule has 1 aromatic carbocycles. The monoisotopic (exact) mass is 224 g/mol. The van der Waals surface area contributed by atoms with Gasteiger partial charge in [-0.25, -0.2) is 13.4 Å². The van der Waals surface area contributed by atoms with Crippen LogP contribution in [0.5, 0.6) is 5.88 Å². The molecule has 1 heterocycles. The Morgan fingerprint density at radius 2 is 1.87 bits per heavy atom. The van der Waals surface area contributed by atoms with Gasteiger partial charge in [-0.15, -0.1) is 0 Å². The summed E-state index contributed by atoms with van der Waals surface area (Å²) in [5, 5.41) is 9.27. The summed E-state index contributed by atoms with van der Waals surface area (Å²) in [6, 6.07) is 7.85. The molecule has 0 bridgehead atoms. The SMILES string of the molecule is O=S(=O)(c1ccccc1)n1cncc1O. The molecule has 2 rings (SSSR count). The number of nitrogens with zero attached hydrogens (tertiary/aromatic N) is 2. The van der Waals surface area contributed by atoms with E-state index in [1.54, 1.807) is 18.2 Å². The predicted molar refractivity (Wildman–Crippen MR) is 52.9 cm³/mol. The Labute approximate surface area is 86.7 Å². The van der Waals surface area contributed by atoms with Crippen LogP contribution in [0.1, 0.15) is 0 Å². The van der Waals surface area contributed by atoms with Gasteiger partial charge in [0.25, 0.3) is 10.0 Å². The van der Waals surface area contributed by atoms with Gasteiger partial charge in [0.15, 0.2) is 0 Å². The Morgan fingerprint density at radius 1 is 1.20 bits per heavy atom. The predicted octanol–water partition coefficient (Wildman–Crippen LogP) is 0.826. The number of hydrogen-bond donors (Lipinski definition) is 1. The Bertz CT molecular complexity index is 560. The fourth-order valence-electron chi connectivity index (χ4n) is 1.17. The Hall–Kier alpha value is -1.82. The lowest BCUT2D eigenvalue weighted by Crippen LogP contribution is -2.11. The molecule has 0 amide bonds. The molecule has 15 heavy (non-hydrogen) atoms. The third kappa shape index (κ3) is 1.59. The maximum atomic E-state index is 11.9. The molecule has 0 fully saturated rings. The van der Waals surface area contributed by atoms with E-state index in [0.29, 0.717) is 0 Å². The molecule has 1 aromatic heterocycles. The van der Waals surface area contributed by atoms with Gasteiger partial charge in [0, 0.05) is 0 Å². The Morgan fingerprint density at radius 3 is 2.40 bits per heavy atom. The van der Waals surface area contributed by atoms with E-state index >= 15 is 0 Å². The van der Waals surface area contributed by atoms with Crippen LogP contribution >= 0.6 is 0 Å². The van der Waals surface area contributed by atoms with Crippen molar-refractivity contribution in [3.63, 3.8) is 0 Å². The number of benzene rings is 1. The van der Waals surface area contributed by atoms with Crippen LogP contribution in [0.25, 0.3) is 0 Å². The molecule has 6 heteroatoms. The number of aromatic nitrogens is 2. The first-order valence-electron chi connectivity index (χ1n) is 4.14. The van der Waals surface area contributed by atoms with Crippen molar-refractivity contribution in [2.75, 3.05) is 0 Å². The minimum Gasteiger partial charge on any atom is -0.493 e. The Balaban J connectivity index is 2.60. The third-order valence-electron chi connectivity index (χ3n) is 1.89. The molecule has 0 spiro atoms. The van der Waals surface area contributed by atoms with E-state index in [1.807, 2.05) is 0 Å². The highest BCUT2D eigenvalue weighted by molar-refractivity contribution is 7.90. The molecule has 0 saturated carbocycles. The average molecular weight is 224 g/mol. The second-order valence-corrected chi connectivity index (χ2v) is 4.68. The van der Waals surface area contributed by atoms with Crippen LogP contribution in [0.3, 0.4) is 0 Å². The minimum atomic E-state index is -3.72. The molecule has 5 nitrogen and oxygen atoms in total. The van der Waals surface area contributed by atoms with Crippen LogP contribution in [0.2, 0.25) is 0 Å². The maximum Gasteiger partial charge on any atom is 0.271 e. The van der Waals surface area contributed by atoms with Crippen molar-refractivity contribution in [1.29, 1.82) is 0 Å². The lowest BCUT2D eigenvalue weighted by molar-refractivity contribution is 0.445. The largest absolute Gasteiger partial charge is 0.493 e. The molecule has 0 atom stereocenters. The molecule has 0 unspecified atom stereocenters. The molecular weight excluding hydrogens is 216 g/mol. The molecule has 0 radical (unpaired) electrons. The van der Waals surface area contributed by atoms with E-state index in [4.69, 9.17) is 0 Å². The van der Waals surface area contributed by atoms with Gasteiger partial charge in [0.1, 0.15) is 6.33 Å². The van der Waals surface area contributed by atoms with Crippen LogP contribution in [-0.4, -0.2) is 22.5 Å². The van der Waals surface area contributed by atoms with Crippen molar-refractivity contribution >= 4 is 10.0 Å². The normalized spacial score (nSPS) is 11.5.